The van der Waals surface area contributed by atoms with E-state index in [1.165, 1.54) is 12.3 Å². The molecule has 1 aromatic carbocycles. The summed E-state index contributed by atoms with van der Waals surface area (Å²) >= 11 is 17.9. The van der Waals surface area contributed by atoms with Gasteiger partial charge in [0.25, 0.3) is 0 Å². The first-order valence-electron chi connectivity index (χ1n) is 6.52. The molecule has 0 saturated carbocycles. The van der Waals surface area contributed by atoms with Crippen molar-refractivity contribution in [2.75, 3.05) is 6.54 Å². The van der Waals surface area contributed by atoms with Gasteiger partial charge in [-0.05, 0) is 31.2 Å². The van der Waals surface area contributed by atoms with Crippen LogP contribution in [0.3, 0.4) is 0 Å². The maximum Gasteiger partial charge on any atom is 0.129 e. The lowest BCUT2D eigenvalue weighted by Gasteiger charge is -2.20. The van der Waals surface area contributed by atoms with Crippen molar-refractivity contribution in [2.45, 2.75) is 19.4 Å². The van der Waals surface area contributed by atoms with Crippen LogP contribution in [0.5, 0.6) is 0 Å². The topological polar surface area (TPSA) is 24.9 Å². The molecule has 1 heterocycles. The molecule has 6 heteroatoms. The number of pyridine rings is 1. The normalized spacial score (nSPS) is 12.4. The van der Waals surface area contributed by atoms with Crippen molar-refractivity contribution >= 4 is 34.8 Å². The van der Waals surface area contributed by atoms with E-state index in [1.807, 2.05) is 6.92 Å². The molecule has 2 rings (SSSR count). The Morgan fingerprint density at radius 3 is 2.57 bits per heavy atom. The van der Waals surface area contributed by atoms with Gasteiger partial charge in [-0.1, -0.05) is 47.8 Å². The number of hydrogen-bond donors (Lipinski definition) is 1. The first kappa shape index (κ1) is 16.5. The van der Waals surface area contributed by atoms with Crippen LogP contribution in [0.25, 0.3) is 0 Å². The molecule has 2 aromatic rings. The van der Waals surface area contributed by atoms with Gasteiger partial charge in [0.05, 0.1) is 21.8 Å². The molecule has 112 valence electrons. The van der Waals surface area contributed by atoms with E-state index in [-0.39, 0.29) is 0 Å². The summed E-state index contributed by atoms with van der Waals surface area (Å²) in [5.74, 6) is -0.399. The van der Waals surface area contributed by atoms with Gasteiger partial charge < -0.3 is 5.32 Å². The smallest absolute Gasteiger partial charge is 0.129 e. The number of nitrogens with zero attached hydrogens (tertiary/aromatic N) is 1. The fourth-order valence-electron chi connectivity index (χ4n) is 2.02. The summed E-state index contributed by atoms with van der Waals surface area (Å²) < 4.78 is 14.2. The zero-order chi connectivity index (χ0) is 15.4. The first-order valence-corrected chi connectivity index (χ1v) is 7.65. The van der Waals surface area contributed by atoms with E-state index in [2.05, 4.69) is 10.3 Å². The molecule has 0 radical (unpaired) electrons. The summed E-state index contributed by atoms with van der Waals surface area (Å²) in [5, 5.41) is 4.43. The number of nitrogens with one attached hydrogen (secondary N) is 1. The van der Waals surface area contributed by atoms with Gasteiger partial charge in [-0.2, -0.15) is 0 Å². The lowest BCUT2D eigenvalue weighted by Crippen LogP contribution is -2.25. The monoisotopic (exact) mass is 346 g/mol. The van der Waals surface area contributed by atoms with Crippen LogP contribution < -0.4 is 5.32 Å². The number of hydrogen-bond acceptors (Lipinski definition) is 2. The maximum atomic E-state index is 14.2. The second-order valence-electron chi connectivity index (χ2n) is 4.57. The van der Waals surface area contributed by atoms with E-state index in [4.69, 9.17) is 34.8 Å². The Morgan fingerprint density at radius 2 is 1.95 bits per heavy atom. The summed E-state index contributed by atoms with van der Waals surface area (Å²) in [5.41, 5.74) is 0.986. The minimum atomic E-state index is -0.452. The lowest BCUT2D eigenvalue weighted by molar-refractivity contribution is 0.539. The highest BCUT2D eigenvalue weighted by Crippen LogP contribution is 2.30. The molecule has 21 heavy (non-hydrogen) atoms. The molecule has 0 bridgehead atoms. The molecule has 2 nitrogen and oxygen atoms in total. The van der Waals surface area contributed by atoms with Gasteiger partial charge in [0, 0.05) is 16.8 Å². The second kappa shape index (κ2) is 7.41. The van der Waals surface area contributed by atoms with Crippen LogP contribution in [0.1, 0.15) is 30.6 Å². The Bertz CT molecular complexity index is 583. The standard InChI is InChI=1S/C15H14Cl3FN2/c1-2-5-20-14(11-4-3-9(16)7-13(11)19)15-12(18)6-10(17)8-21-15/h3-4,6-8,14,20H,2,5H2,1H3. The third-order valence-electron chi connectivity index (χ3n) is 2.98. The van der Waals surface area contributed by atoms with E-state index in [9.17, 15) is 4.39 Å². The van der Waals surface area contributed by atoms with Gasteiger partial charge in [-0.3, -0.25) is 4.98 Å². The quantitative estimate of drug-likeness (QED) is 0.797. The van der Waals surface area contributed by atoms with Crippen molar-refractivity contribution in [3.05, 3.63) is 62.6 Å². The van der Waals surface area contributed by atoms with Crippen LogP contribution in [0.4, 0.5) is 4.39 Å². The van der Waals surface area contributed by atoms with Gasteiger partial charge in [-0.25, -0.2) is 4.39 Å². The molecule has 0 fully saturated rings. The zero-order valence-electron chi connectivity index (χ0n) is 11.3. The molecular formula is C15H14Cl3FN2. The summed E-state index contributed by atoms with van der Waals surface area (Å²) in [6.45, 7) is 2.73. The number of aromatic nitrogens is 1. The highest BCUT2D eigenvalue weighted by Gasteiger charge is 2.21. The van der Waals surface area contributed by atoms with E-state index in [0.717, 1.165) is 6.42 Å². The van der Waals surface area contributed by atoms with E-state index in [1.54, 1.807) is 18.2 Å². The van der Waals surface area contributed by atoms with Crippen molar-refractivity contribution in [3.63, 3.8) is 0 Å². The van der Waals surface area contributed by atoms with Crippen LogP contribution >= 0.6 is 34.8 Å². The van der Waals surface area contributed by atoms with Crippen molar-refractivity contribution in [1.29, 1.82) is 0 Å². The Kier molecular flexibility index (Phi) is 5.82. The average molecular weight is 348 g/mol. The molecule has 0 amide bonds. The Balaban J connectivity index is 2.46. The highest BCUT2D eigenvalue weighted by molar-refractivity contribution is 6.34. The molecule has 0 saturated heterocycles. The molecule has 1 unspecified atom stereocenters. The highest BCUT2D eigenvalue weighted by atomic mass is 35.5. The number of halogens is 4. The van der Waals surface area contributed by atoms with Crippen LogP contribution in [0.2, 0.25) is 15.1 Å². The molecule has 0 aliphatic carbocycles. The number of rotatable bonds is 5. The SMILES string of the molecule is CCCNC(c1ccc(Cl)cc1F)c1ncc(Cl)cc1Cl. The summed E-state index contributed by atoms with van der Waals surface area (Å²) in [6, 6.07) is 5.70. The van der Waals surface area contributed by atoms with Gasteiger partial charge in [0.1, 0.15) is 5.82 Å². The minimum absolute atomic E-state index is 0.348. The molecule has 0 spiro atoms. The molecule has 1 aromatic heterocycles. The van der Waals surface area contributed by atoms with Crippen molar-refractivity contribution < 1.29 is 4.39 Å². The van der Waals surface area contributed by atoms with Gasteiger partial charge in [0.15, 0.2) is 0 Å². The summed E-state index contributed by atoms with van der Waals surface area (Å²) in [4.78, 5) is 4.24. The molecular weight excluding hydrogens is 334 g/mol. The van der Waals surface area contributed by atoms with Crippen molar-refractivity contribution in [1.82, 2.24) is 10.3 Å². The van der Waals surface area contributed by atoms with Crippen molar-refractivity contribution in [2.24, 2.45) is 0 Å². The van der Waals surface area contributed by atoms with Crippen molar-refractivity contribution in [3.8, 4) is 0 Å². The van der Waals surface area contributed by atoms with Crippen LogP contribution in [-0.4, -0.2) is 11.5 Å². The van der Waals surface area contributed by atoms with Gasteiger partial charge >= 0.3 is 0 Å². The Labute approximate surface area is 138 Å². The van der Waals surface area contributed by atoms with Gasteiger partial charge in [0.2, 0.25) is 0 Å². The van der Waals surface area contributed by atoms with Crippen LogP contribution in [-0.2, 0) is 0 Å². The third-order valence-corrected chi connectivity index (χ3v) is 3.73. The lowest BCUT2D eigenvalue weighted by atomic mass is 10.0. The second-order valence-corrected chi connectivity index (χ2v) is 5.85. The summed E-state index contributed by atoms with van der Waals surface area (Å²) in [7, 11) is 0. The predicted molar refractivity (Wildman–Crippen MR) is 85.8 cm³/mol. The third kappa shape index (κ3) is 4.07. The van der Waals surface area contributed by atoms with E-state index in [0.29, 0.717) is 32.9 Å². The fraction of sp³-hybridized carbons (Fsp3) is 0.267. The molecule has 0 aliphatic rings. The summed E-state index contributed by atoms with van der Waals surface area (Å²) in [6.07, 6.45) is 2.40. The van der Waals surface area contributed by atoms with Crippen LogP contribution in [0.15, 0.2) is 30.5 Å². The largest absolute Gasteiger partial charge is 0.305 e. The number of benzene rings is 1. The Hall–Kier alpha value is -0.870. The first-order chi connectivity index (χ1) is 10.0. The maximum absolute atomic E-state index is 14.2. The zero-order valence-corrected chi connectivity index (χ0v) is 13.6. The molecule has 1 N–H and O–H groups in total. The van der Waals surface area contributed by atoms with E-state index >= 15 is 0 Å². The van der Waals surface area contributed by atoms with E-state index < -0.39 is 11.9 Å². The average Bonchev–Trinajstić information content (AvgIpc) is 2.42. The molecule has 1 atom stereocenters. The molecule has 0 aliphatic heterocycles. The van der Waals surface area contributed by atoms with Crippen LogP contribution in [0, 0.1) is 5.82 Å². The van der Waals surface area contributed by atoms with Gasteiger partial charge in [-0.15, -0.1) is 0 Å². The predicted octanol–water partition coefficient (Wildman–Crippen LogP) is 5.27. The minimum Gasteiger partial charge on any atom is -0.305 e. The fourth-order valence-corrected chi connectivity index (χ4v) is 2.66. The Morgan fingerprint density at radius 1 is 1.19 bits per heavy atom.